The van der Waals surface area contributed by atoms with E-state index in [-0.39, 0.29) is 0 Å². The summed E-state index contributed by atoms with van der Waals surface area (Å²) in [5.74, 6) is 1.66. The third kappa shape index (κ3) is 2.35. The molecule has 0 saturated carbocycles. The van der Waals surface area contributed by atoms with Crippen LogP contribution in [0.3, 0.4) is 0 Å². The first kappa shape index (κ1) is 14.4. The minimum Gasteiger partial charge on any atom is -0.356 e. The average molecular weight is 353 g/mol. The maximum Gasteiger partial charge on any atom is 0.182 e. The molecule has 0 bridgehead atoms. The van der Waals surface area contributed by atoms with E-state index in [0.29, 0.717) is 17.2 Å². The first-order valence-electron chi connectivity index (χ1n) is 7.92. The number of anilines is 1. The predicted octanol–water partition coefficient (Wildman–Crippen LogP) is 3.22. The Balaban J connectivity index is 1.50. The molecule has 0 unspecified atom stereocenters. The number of halogens is 1. The van der Waals surface area contributed by atoms with E-state index in [0.717, 1.165) is 46.9 Å². The number of hydrogen-bond donors (Lipinski definition) is 1. The molecule has 1 aliphatic heterocycles. The van der Waals surface area contributed by atoms with Gasteiger partial charge in [0.05, 0.1) is 12.9 Å². The van der Waals surface area contributed by atoms with Crippen molar-refractivity contribution in [1.82, 2.24) is 25.1 Å². The van der Waals surface area contributed by atoms with Crippen molar-refractivity contribution in [2.24, 2.45) is 0 Å². The Kier molecular flexibility index (Phi) is 3.21. The second-order valence-corrected chi connectivity index (χ2v) is 6.35. The fourth-order valence-corrected chi connectivity index (χ4v) is 3.36. The Hall–Kier alpha value is -2.93. The second kappa shape index (κ2) is 5.56. The summed E-state index contributed by atoms with van der Waals surface area (Å²) in [7, 11) is 0. The molecule has 0 amide bonds. The number of hydrogen-bond acceptors (Lipinski definition) is 6. The predicted molar refractivity (Wildman–Crippen MR) is 93.4 cm³/mol. The number of nitrogens with one attached hydrogen (secondary N) is 1. The van der Waals surface area contributed by atoms with Gasteiger partial charge in [0.25, 0.3) is 0 Å². The van der Waals surface area contributed by atoms with Crippen molar-refractivity contribution >= 4 is 28.6 Å². The van der Waals surface area contributed by atoms with E-state index in [4.69, 9.17) is 16.1 Å². The summed E-state index contributed by atoms with van der Waals surface area (Å²) < 4.78 is 5.63. The monoisotopic (exact) mass is 352 g/mol. The lowest BCUT2D eigenvalue weighted by atomic mass is 10.0. The maximum atomic E-state index is 5.97. The quantitative estimate of drug-likeness (QED) is 0.596. The normalized spacial score (nSPS) is 14.0. The van der Waals surface area contributed by atoms with Crippen LogP contribution >= 0.6 is 11.6 Å². The Bertz CT molecular complexity index is 1050. The molecule has 4 aromatic rings. The Morgan fingerprint density at radius 2 is 2.00 bits per heavy atom. The second-order valence-electron chi connectivity index (χ2n) is 5.91. The van der Waals surface area contributed by atoms with Gasteiger partial charge in [0.15, 0.2) is 17.2 Å². The summed E-state index contributed by atoms with van der Waals surface area (Å²) in [5.41, 5.74) is 4.57. The molecule has 0 saturated heterocycles. The van der Waals surface area contributed by atoms with Crippen LogP contribution in [-0.2, 0) is 13.0 Å². The largest absolute Gasteiger partial charge is 0.356 e. The number of rotatable bonds is 2. The average Bonchev–Trinajstić information content (AvgIpc) is 3.28. The maximum absolute atomic E-state index is 5.97. The molecule has 1 aromatic carbocycles. The molecular weight excluding hydrogens is 340 g/mol. The third-order valence-corrected chi connectivity index (χ3v) is 4.70. The number of nitrogens with zero attached hydrogens (tertiary/aromatic N) is 5. The molecule has 0 fully saturated rings. The minimum absolute atomic E-state index is 0.636. The molecule has 0 aliphatic carbocycles. The minimum atomic E-state index is 0.636. The van der Waals surface area contributed by atoms with Gasteiger partial charge < -0.3 is 14.4 Å². The first-order valence-corrected chi connectivity index (χ1v) is 8.30. The number of aromatic amines is 1. The molecule has 5 rings (SSSR count). The van der Waals surface area contributed by atoms with Crippen molar-refractivity contribution in [3.63, 3.8) is 0 Å². The number of fused-ring (bicyclic) bond motifs is 2. The van der Waals surface area contributed by atoms with Crippen LogP contribution in [0.25, 0.3) is 22.5 Å². The molecule has 0 spiro atoms. The van der Waals surface area contributed by atoms with Crippen molar-refractivity contribution in [2.75, 3.05) is 11.4 Å². The van der Waals surface area contributed by atoms with Gasteiger partial charge in [-0.05, 0) is 30.7 Å². The van der Waals surface area contributed by atoms with Gasteiger partial charge in [-0.1, -0.05) is 16.8 Å². The molecule has 0 atom stereocenters. The lowest BCUT2D eigenvalue weighted by Gasteiger charge is -2.27. The van der Waals surface area contributed by atoms with Crippen LogP contribution in [0, 0.1) is 0 Å². The molecule has 1 N–H and O–H groups in total. The van der Waals surface area contributed by atoms with Crippen LogP contribution in [0.2, 0.25) is 5.02 Å². The lowest BCUT2D eigenvalue weighted by Crippen LogP contribution is -2.31. The Morgan fingerprint density at radius 3 is 2.88 bits per heavy atom. The number of benzene rings is 1. The Morgan fingerprint density at radius 1 is 1.12 bits per heavy atom. The van der Waals surface area contributed by atoms with Crippen LogP contribution in [0.15, 0.2) is 41.4 Å². The zero-order valence-electron chi connectivity index (χ0n) is 13.1. The zero-order valence-corrected chi connectivity index (χ0v) is 13.9. The fourth-order valence-electron chi connectivity index (χ4n) is 3.23. The molecule has 1 aliphatic rings. The molecule has 7 nitrogen and oxygen atoms in total. The van der Waals surface area contributed by atoms with Crippen LogP contribution in [0.1, 0.15) is 11.3 Å². The topological polar surface area (TPSA) is 83.7 Å². The van der Waals surface area contributed by atoms with Crippen molar-refractivity contribution in [3.8, 4) is 11.3 Å². The summed E-state index contributed by atoms with van der Waals surface area (Å²) in [6, 6.07) is 7.62. The van der Waals surface area contributed by atoms with Crippen LogP contribution in [0.4, 0.5) is 5.82 Å². The summed E-state index contributed by atoms with van der Waals surface area (Å²) in [6.45, 7) is 1.46. The van der Waals surface area contributed by atoms with Crippen molar-refractivity contribution in [3.05, 3.63) is 53.2 Å². The fraction of sp³-hybridized carbons (Fsp3) is 0.176. The van der Waals surface area contributed by atoms with Gasteiger partial charge in [0, 0.05) is 22.7 Å². The van der Waals surface area contributed by atoms with Crippen molar-refractivity contribution in [1.29, 1.82) is 0 Å². The van der Waals surface area contributed by atoms with Gasteiger partial charge in [0.2, 0.25) is 0 Å². The highest BCUT2D eigenvalue weighted by Gasteiger charge is 2.26. The standard InChI is InChI=1S/C17H13ClN6O/c18-11-3-1-10(2-4-11)15-12-5-6-24(7-13(12)23-25-15)17-14-16(20-8-19-14)21-9-22-17/h1-4,8-9H,5-7H2,(H,19,20,21,22). The molecule has 124 valence electrons. The SMILES string of the molecule is Clc1ccc(-c2onc3c2CCN(c2ncnc4nc[nH]c24)C3)cc1. The highest BCUT2D eigenvalue weighted by Crippen LogP contribution is 2.33. The molecule has 3 aromatic heterocycles. The van der Waals surface area contributed by atoms with Gasteiger partial charge in [-0.3, -0.25) is 0 Å². The molecular formula is C17H13ClN6O. The highest BCUT2D eigenvalue weighted by atomic mass is 35.5. The highest BCUT2D eigenvalue weighted by molar-refractivity contribution is 6.30. The van der Waals surface area contributed by atoms with Gasteiger partial charge in [-0.15, -0.1) is 0 Å². The summed E-state index contributed by atoms with van der Waals surface area (Å²) in [4.78, 5) is 18.1. The van der Waals surface area contributed by atoms with Crippen LogP contribution < -0.4 is 4.90 Å². The Labute approximate surface area is 147 Å². The van der Waals surface area contributed by atoms with Crippen molar-refractivity contribution in [2.45, 2.75) is 13.0 Å². The van der Waals surface area contributed by atoms with Gasteiger partial charge in [-0.2, -0.15) is 0 Å². The van der Waals surface area contributed by atoms with Crippen LogP contribution in [0.5, 0.6) is 0 Å². The summed E-state index contributed by atoms with van der Waals surface area (Å²) in [6.07, 6.45) is 4.00. The number of H-pyrrole nitrogens is 1. The molecule has 4 heterocycles. The lowest BCUT2D eigenvalue weighted by molar-refractivity contribution is 0.423. The molecule has 25 heavy (non-hydrogen) atoms. The third-order valence-electron chi connectivity index (χ3n) is 4.45. The van der Waals surface area contributed by atoms with E-state index < -0.39 is 0 Å². The molecule has 8 heteroatoms. The van der Waals surface area contributed by atoms with Gasteiger partial charge in [0.1, 0.15) is 17.5 Å². The van der Waals surface area contributed by atoms with Gasteiger partial charge >= 0.3 is 0 Å². The van der Waals surface area contributed by atoms with Gasteiger partial charge in [-0.25, -0.2) is 15.0 Å². The van der Waals surface area contributed by atoms with E-state index >= 15 is 0 Å². The first-order chi connectivity index (χ1) is 12.3. The van der Waals surface area contributed by atoms with E-state index in [9.17, 15) is 0 Å². The smallest absolute Gasteiger partial charge is 0.182 e. The van der Waals surface area contributed by atoms with E-state index in [1.54, 1.807) is 6.33 Å². The summed E-state index contributed by atoms with van der Waals surface area (Å²) in [5, 5.41) is 4.98. The van der Waals surface area contributed by atoms with Crippen LogP contribution in [-0.4, -0.2) is 31.6 Å². The van der Waals surface area contributed by atoms with Crippen molar-refractivity contribution < 1.29 is 4.52 Å². The van der Waals surface area contributed by atoms with E-state index in [1.165, 1.54) is 6.33 Å². The zero-order chi connectivity index (χ0) is 16.8. The number of aromatic nitrogens is 5. The molecule has 0 radical (unpaired) electrons. The summed E-state index contributed by atoms with van der Waals surface area (Å²) >= 11 is 5.97. The van der Waals surface area contributed by atoms with E-state index in [1.807, 2.05) is 24.3 Å². The number of imidazole rings is 1. The van der Waals surface area contributed by atoms with E-state index in [2.05, 4.69) is 30.0 Å².